The molecule has 6 heteroatoms. The van der Waals surface area contributed by atoms with Crippen LogP contribution in [0.2, 0.25) is 0 Å². The summed E-state index contributed by atoms with van der Waals surface area (Å²) in [6.45, 7) is 5.57. The largest absolute Gasteiger partial charge is 0.384 e. The van der Waals surface area contributed by atoms with Gasteiger partial charge in [-0.15, -0.1) is 0 Å². The van der Waals surface area contributed by atoms with Crippen LogP contribution in [-0.4, -0.2) is 41.9 Å². The zero-order valence-corrected chi connectivity index (χ0v) is 12.8. The van der Waals surface area contributed by atoms with Gasteiger partial charge in [0, 0.05) is 26.7 Å². The molecule has 0 aliphatic heterocycles. The third-order valence-electron chi connectivity index (χ3n) is 4.07. The monoisotopic (exact) mass is 279 g/mol. The highest BCUT2D eigenvalue weighted by Crippen LogP contribution is 2.37. The minimum Gasteiger partial charge on any atom is -0.384 e. The molecule has 3 N–H and O–H groups in total. The van der Waals surface area contributed by atoms with Crippen LogP contribution >= 0.6 is 0 Å². The van der Waals surface area contributed by atoms with Gasteiger partial charge in [0.15, 0.2) is 0 Å². The Kier molecular flexibility index (Phi) is 4.32. The van der Waals surface area contributed by atoms with Crippen molar-refractivity contribution in [1.29, 1.82) is 5.41 Å². The number of anilines is 1. The van der Waals surface area contributed by atoms with Gasteiger partial charge in [-0.05, 0) is 32.6 Å². The summed E-state index contributed by atoms with van der Waals surface area (Å²) in [5, 5.41) is 12.3. The smallest absolute Gasteiger partial charge is 0.138 e. The average Bonchev–Trinajstić information content (AvgIpc) is 3.16. The quantitative estimate of drug-likeness (QED) is 0.582. The van der Waals surface area contributed by atoms with Gasteiger partial charge in [0.05, 0.1) is 17.9 Å². The molecule has 0 radical (unpaired) electrons. The molecule has 0 bridgehead atoms. The molecule has 1 aliphatic carbocycles. The molecule has 0 saturated heterocycles. The third-order valence-corrected chi connectivity index (χ3v) is 4.07. The summed E-state index contributed by atoms with van der Waals surface area (Å²) >= 11 is 0. The van der Waals surface area contributed by atoms with Gasteiger partial charge >= 0.3 is 0 Å². The highest BCUT2D eigenvalue weighted by atomic mass is 16.5. The number of hydrogen-bond acceptors (Lipinski definition) is 4. The van der Waals surface area contributed by atoms with Crippen molar-refractivity contribution in [3.63, 3.8) is 0 Å². The summed E-state index contributed by atoms with van der Waals surface area (Å²) in [6.07, 6.45) is 2.55. The molecule has 1 heterocycles. The van der Waals surface area contributed by atoms with E-state index in [0.29, 0.717) is 12.6 Å². The van der Waals surface area contributed by atoms with Crippen LogP contribution in [0.1, 0.15) is 31.0 Å². The second-order valence-electron chi connectivity index (χ2n) is 5.59. The molecule has 1 fully saturated rings. The van der Waals surface area contributed by atoms with Crippen LogP contribution in [0.25, 0.3) is 0 Å². The lowest BCUT2D eigenvalue weighted by Gasteiger charge is -2.32. The van der Waals surface area contributed by atoms with Crippen molar-refractivity contribution in [2.24, 2.45) is 18.7 Å². The summed E-state index contributed by atoms with van der Waals surface area (Å²) in [7, 11) is 3.62. The lowest BCUT2D eigenvalue weighted by molar-refractivity contribution is 0.202. The van der Waals surface area contributed by atoms with Crippen LogP contribution in [0.4, 0.5) is 5.82 Å². The number of nitrogen functional groups attached to an aromatic ring is 1. The van der Waals surface area contributed by atoms with E-state index in [2.05, 4.69) is 16.9 Å². The molecule has 0 spiro atoms. The maximum atomic E-state index is 7.83. The number of nitrogens with zero attached hydrogens (tertiary/aromatic N) is 3. The molecule has 0 amide bonds. The van der Waals surface area contributed by atoms with E-state index in [-0.39, 0.29) is 5.84 Å². The van der Waals surface area contributed by atoms with Gasteiger partial charge in [0.1, 0.15) is 11.7 Å². The first-order chi connectivity index (χ1) is 9.47. The first-order valence-corrected chi connectivity index (χ1v) is 7.11. The Labute approximate surface area is 120 Å². The van der Waals surface area contributed by atoms with E-state index < -0.39 is 0 Å². The molecule has 2 rings (SSSR count). The van der Waals surface area contributed by atoms with Gasteiger partial charge in [-0.25, -0.2) is 0 Å². The summed E-state index contributed by atoms with van der Waals surface area (Å²) < 4.78 is 7.07. The van der Waals surface area contributed by atoms with Gasteiger partial charge < -0.3 is 15.4 Å². The van der Waals surface area contributed by atoms with Crippen molar-refractivity contribution in [2.45, 2.75) is 32.7 Å². The molecular weight excluding hydrogens is 254 g/mol. The summed E-state index contributed by atoms with van der Waals surface area (Å²) in [6, 6.07) is 0.415. The van der Waals surface area contributed by atoms with Crippen molar-refractivity contribution in [1.82, 2.24) is 9.78 Å². The highest BCUT2D eigenvalue weighted by Gasteiger charge is 2.34. The van der Waals surface area contributed by atoms with E-state index >= 15 is 0 Å². The fourth-order valence-corrected chi connectivity index (χ4v) is 2.82. The molecule has 1 saturated carbocycles. The van der Waals surface area contributed by atoms with Crippen LogP contribution in [0.3, 0.4) is 0 Å². The second kappa shape index (κ2) is 5.83. The topological polar surface area (TPSA) is 80.2 Å². The molecule has 1 unspecified atom stereocenters. The standard InChI is InChI=1S/C14H25N5O/c1-9-12(13(15)16)14(18(3)17-9)19(7-8-20-4)10(2)11-5-6-11/h10-11H,5-8H2,1-4H3,(H3,15,16). The Bertz CT molecular complexity index is 492. The predicted molar refractivity (Wildman–Crippen MR) is 80.4 cm³/mol. The first kappa shape index (κ1) is 14.8. The summed E-state index contributed by atoms with van der Waals surface area (Å²) in [5.41, 5.74) is 7.31. The maximum absolute atomic E-state index is 7.83. The van der Waals surface area contributed by atoms with E-state index in [1.54, 1.807) is 7.11 Å². The molecular formula is C14H25N5O. The van der Waals surface area contributed by atoms with Gasteiger partial charge in [-0.3, -0.25) is 10.1 Å². The van der Waals surface area contributed by atoms with Gasteiger partial charge in [-0.1, -0.05) is 0 Å². The summed E-state index contributed by atoms with van der Waals surface area (Å²) in [4.78, 5) is 2.29. The van der Waals surface area contributed by atoms with Gasteiger partial charge in [-0.2, -0.15) is 5.10 Å². The Balaban J connectivity index is 2.38. The van der Waals surface area contributed by atoms with E-state index in [1.807, 2.05) is 18.7 Å². The lowest BCUT2D eigenvalue weighted by Crippen LogP contribution is -2.39. The number of nitrogens with two attached hydrogens (primary N) is 1. The fraction of sp³-hybridized carbons (Fsp3) is 0.714. The third kappa shape index (κ3) is 2.80. The molecule has 1 atom stereocenters. The second-order valence-corrected chi connectivity index (χ2v) is 5.59. The number of ether oxygens (including phenoxy) is 1. The van der Waals surface area contributed by atoms with E-state index in [1.165, 1.54) is 12.8 Å². The number of amidine groups is 1. The predicted octanol–water partition coefficient (Wildman–Crippen LogP) is 1.26. The Morgan fingerprint density at radius 1 is 1.60 bits per heavy atom. The van der Waals surface area contributed by atoms with Crippen molar-refractivity contribution in [3.05, 3.63) is 11.3 Å². The van der Waals surface area contributed by atoms with E-state index in [4.69, 9.17) is 15.9 Å². The molecule has 1 aromatic heterocycles. The zero-order chi connectivity index (χ0) is 14.9. The maximum Gasteiger partial charge on any atom is 0.138 e. The Morgan fingerprint density at radius 3 is 2.75 bits per heavy atom. The van der Waals surface area contributed by atoms with Crippen LogP contribution < -0.4 is 10.6 Å². The van der Waals surface area contributed by atoms with E-state index in [0.717, 1.165) is 29.5 Å². The number of methoxy groups -OCH3 is 1. The average molecular weight is 279 g/mol. The van der Waals surface area contributed by atoms with Crippen LogP contribution in [-0.2, 0) is 11.8 Å². The zero-order valence-electron chi connectivity index (χ0n) is 12.8. The Morgan fingerprint density at radius 2 is 2.25 bits per heavy atom. The SMILES string of the molecule is COCCN(c1c(C(=N)N)c(C)nn1C)C(C)C1CC1. The number of nitrogens with one attached hydrogen (secondary N) is 1. The molecule has 6 nitrogen and oxygen atoms in total. The first-order valence-electron chi connectivity index (χ1n) is 7.11. The summed E-state index contributed by atoms with van der Waals surface area (Å²) in [5.74, 6) is 1.74. The van der Waals surface area contributed by atoms with Crippen molar-refractivity contribution < 1.29 is 4.74 Å². The van der Waals surface area contributed by atoms with E-state index in [9.17, 15) is 0 Å². The number of aromatic nitrogens is 2. The normalized spacial score (nSPS) is 16.2. The number of aryl methyl sites for hydroxylation is 2. The molecule has 0 aromatic carbocycles. The molecule has 112 valence electrons. The number of hydrogen-bond donors (Lipinski definition) is 2. The van der Waals surface area contributed by atoms with Crippen LogP contribution in [0, 0.1) is 18.3 Å². The Hall–Kier alpha value is -1.56. The van der Waals surface area contributed by atoms with Gasteiger partial charge in [0.25, 0.3) is 0 Å². The molecule has 1 aromatic rings. The van der Waals surface area contributed by atoms with Gasteiger partial charge in [0.2, 0.25) is 0 Å². The highest BCUT2D eigenvalue weighted by molar-refractivity contribution is 6.01. The van der Waals surface area contributed by atoms with Crippen molar-refractivity contribution in [3.8, 4) is 0 Å². The molecule has 1 aliphatic rings. The minimum absolute atomic E-state index is 0.0796. The van der Waals surface area contributed by atoms with Crippen molar-refractivity contribution >= 4 is 11.7 Å². The lowest BCUT2D eigenvalue weighted by atomic mass is 10.1. The minimum atomic E-state index is 0.0796. The van der Waals surface area contributed by atoms with Crippen molar-refractivity contribution in [2.75, 3.05) is 25.2 Å². The van der Waals surface area contributed by atoms with Crippen LogP contribution in [0.15, 0.2) is 0 Å². The number of rotatable bonds is 7. The molecule has 20 heavy (non-hydrogen) atoms. The fourth-order valence-electron chi connectivity index (χ4n) is 2.82. The van der Waals surface area contributed by atoms with Crippen LogP contribution in [0.5, 0.6) is 0 Å².